The molecule has 2 amide bonds. The van der Waals surface area contributed by atoms with Crippen molar-refractivity contribution in [1.29, 1.82) is 5.26 Å². The molecule has 8 heteroatoms. The van der Waals surface area contributed by atoms with Gasteiger partial charge in [-0.15, -0.1) is 0 Å². The minimum atomic E-state index is -0.609. The van der Waals surface area contributed by atoms with Gasteiger partial charge in [0.2, 0.25) is 0 Å². The van der Waals surface area contributed by atoms with Crippen molar-refractivity contribution in [3.05, 3.63) is 34.7 Å². The van der Waals surface area contributed by atoms with E-state index in [1.807, 2.05) is 13.0 Å². The molecule has 1 aliphatic heterocycles. The minimum absolute atomic E-state index is 0.0506. The number of imide groups is 1. The predicted molar refractivity (Wildman–Crippen MR) is 96.1 cm³/mol. The molecule has 0 N–H and O–H groups in total. The van der Waals surface area contributed by atoms with Gasteiger partial charge in [-0.05, 0) is 48.9 Å². The molecule has 7 nitrogen and oxygen atoms in total. The van der Waals surface area contributed by atoms with E-state index in [9.17, 15) is 14.4 Å². The van der Waals surface area contributed by atoms with Crippen LogP contribution in [-0.2, 0) is 14.3 Å². The summed E-state index contributed by atoms with van der Waals surface area (Å²) in [6.07, 6.45) is 1.96. The van der Waals surface area contributed by atoms with Gasteiger partial charge in [-0.3, -0.25) is 19.3 Å². The summed E-state index contributed by atoms with van der Waals surface area (Å²) >= 11 is 0.778. The van der Waals surface area contributed by atoms with Crippen molar-refractivity contribution in [3.8, 4) is 11.8 Å². The average Bonchev–Trinajstić information content (AvgIpc) is 2.88. The molecule has 2 rings (SSSR count). The number of ether oxygens (including phenoxy) is 2. The fourth-order valence-corrected chi connectivity index (χ4v) is 2.88. The smallest absolute Gasteiger partial charge is 0.326 e. The number of benzene rings is 1. The third-order valence-electron chi connectivity index (χ3n) is 3.55. The molecule has 1 heterocycles. The number of rotatable bonds is 7. The lowest BCUT2D eigenvalue weighted by Crippen LogP contribution is -2.35. The molecule has 1 fully saturated rings. The van der Waals surface area contributed by atoms with Gasteiger partial charge in [0.25, 0.3) is 11.1 Å². The highest BCUT2D eigenvalue weighted by Crippen LogP contribution is 2.32. The van der Waals surface area contributed by atoms with Crippen LogP contribution in [0, 0.1) is 11.3 Å². The van der Waals surface area contributed by atoms with Crippen molar-refractivity contribution in [2.75, 3.05) is 13.2 Å². The lowest BCUT2D eigenvalue weighted by atomic mass is 10.2. The normalized spacial score (nSPS) is 16.5. The van der Waals surface area contributed by atoms with Gasteiger partial charge in [0.15, 0.2) is 6.61 Å². The van der Waals surface area contributed by atoms with E-state index in [-0.39, 0.29) is 17.6 Å². The standard InChI is InChI=1S/C18H18N2O5S/c1-3-12(2)25-16(21)11-20-17(22)15(26-18(20)23)10-13-4-6-14(7-5-13)24-9-8-19/h4-7,10,12H,3,9,11H2,1-2H3/b15-10-/t12-/m0/s1. The zero-order chi connectivity index (χ0) is 19.1. The minimum Gasteiger partial charge on any atom is -0.479 e. The van der Waals surface area contributed by atoms with Crippen LogP contribution in [0.3, 0.4) is 0 Å². The lowest BCUT2D eigenvalue weighted by Gasteiger charge is -2.14. The number of esters is 1. The molecule has 0 bridgehead atoms. The monoisotopic (exact) mass is 374 g/mol. The third-order valence-corrected chi connectivity index (χ3v) is 4.46. The van der Waals surface area contributed by atoms with E-state index in [1.165, 1.54) is 0 Å². The molecule has 0 radical (unpaired) electrons. The highest BCUT2D eigenvalue weighted by molar-refractivity contribution is 8.18. The van der Waals surface area contributed by atoms with Gasteiger partial charge in [-0.25, -0.2) is 0 Å². The van der Waals surface area contributed by atoms with Crippen molar-refractivity contribution >= 4 is 35.0 Å². The number of carbonyl (C=O) groups is 3. The molecule has 1 aliphatic rings. The van der Waals surface area contributed by atoms with Crippen molar-refractivity contribution in [2.24, 2.45) is 0 Å². The summed E-state index contributed by atoms with van der Waals surface area (Å²) < 4.78 is 10.3. The molecule has 0 unspecified atom stereocenters. The summed E-state index contributed by atoms with van der Waals surface area (Å²) in [5.74, 6) is -0.600. The van der Waals surface area contributed by atoms with Crippen LogP contribution in [0.2, 0.25) is 0 Å². The molecule has 0 aromatic heterocycles. The number of thioether (sulfide) groups is 1. The maximum atomic E-state index is 12.4. The van der Waals surface area contributed by atoms with Crippen LogP contribution < -0.4 is 4.74 Å². The largest absolute Gasteiger partial charge is 0.479 e. The fourth-order valence-electron chi connectivity index (χ4n) is 2.04. The van der Waals surface area contributed by atoms with Crippen molar-refractivity contribution in [2.45, 2.75) is 26.4 Å². The van der Waals surface area contributed by atoms with Crippen LogP contribution in [0.15, 0.2) is 29.2 Å². The molecule has 0 spiro atoms. The number of carbonyl (C=O) groups excluding carboxylic acids is 3. The zero-order valence-electron chi connectivity index (χ0n) is 14.4. The Balaban J connectivity index is 2.04. The summed E-state index contributed by atoms with van der Waals surface area (Å²) in [6.45, 7) is 3.17. The van der Waals surface area contributed by atoms with Crippen molar-refractivity contribution in [1.82, 2.24) is 4.90 Å². The highest BCUT2D eigenvalue weighted by atomic mass is 32.2. The summed E-state index contributed by atoms with van der Waals surface area (Å²) in [5, 5.41) is 7.98. The third kappa shape index (κ3) is 5.10. The van der Waals surface area contributed by atoms with Crippen LogP contribution >= 0.6 is 11.8 Å². The Bertz CT molecular complexity index is 767. The Hall–Kier alpha value is -2.79. The zero-order valence-corrected chi connectivity index (χ0v) is 15.2. The Labute approximate surface area is 155 Å². The number of hydrogen-bond acceptors (Lipinski definition) is 7. The highest BCUT2D eigenvalue weighted by Gasteiger charge is 2.36. The predicted octanol–water partition coefficient (Wildman–Crippen LogP) is 2.97. The number of nitrogens with zero attached hydrogens (tertiary/aromatic N) is 2. The van der Waals surface area contributed by atoms with Gasteiger partial charge in [-0.2, -0.15) is 5.26 Å². The Morgan fingerprint density at radius 1 is 1.35 bits per heavy atom. The maximum absolute atomic E-state index is 12.4. The molecular weight excluding hydrogens is 356 g/mol. The first-order chi connectivity index (χ1) is 12.4. The van der Waals surface area contributed by atoms with Gasteiger partial charge in [0.05, 0.1) is 11.0 Å². The fraction of sp³-hybridized carbons (Fsp3) is 0.333. The van der Waals surface area contributed by atoms with Gasteiger partial charge in [0.1, 0.15) is 18.4 Å². The van der Waals surface area contributed by atoms with Gasteiger partial charge < -0.3 is 9.47 Å². The van der Waals surface area contributed by atoms with Crippen LogP contribution in [-0.4, -0.2) is 41.3 Å². The number of hydrogen-bond donors (Lipinski definition) is 0. The SMILES string of the molecule is CC[C@H](C)OC(=O)CN1C(=O)S/C(=C\c2ccc(OCC#N)cc2)C1=O. The van der Waals surface area contributed by atoms with Crippen molar-refractivity contribution < 1.29 is 23.9 Å². The molecule has 136 valence electrons. The van der Waals surface area contributed by atoms with E-state index < -0.39 is 23.7 Å². The molecular formula is C18H18N2O5S. The second-order valence-corrected chi connectivity index (χ2v) is 6.49. The van der Waals surface area contributed by atoms with E-state index in [2.05, 4.69) is 0 Å². The van der Waals surface area contributed by atoms with Crippen LogP contribution in [0.25, 0.3) is 6.08 Å². The first-order valence-corrected chi connectivity index (χ1v) is 8.81. The van der Waals surface area contributed by atoms with Crippen LogP contribution in [0.5, 0.6) is 5.75 Å². The van der Waals surface area contributed by atoms with E-state index in [0.29, 0.717) is 17.7 Å². The Morgan fingerprint density at radius 3 is 2.65 bits per heavy atom. The number of nitriles is 1. The van der Waals surface area contributed by atoms with Crippen LogP contribution in [0.4, 0.5) is 4.79 Å². The molecule has 1 atom stereocenters. The molecule has 1 aromatic carbocycles. The van der Waals surface area contributed by atoms with Gasteiger partial charge in [-0.1, -0.05) is 19.1 Å². The maximum Gasteiger partial charge on any atom is 0.326 e. The van der Waals surface area contributed by atoms with Gasteiger partial charge in [0, 0.05) is 0 Å². The Kier molecular flexibility index (Phi) is 6.81. The molecule has 0 saturated carbocycles. The first kappa shape index (κ1) is 19.5. The molecule has 1 saturated heterocycles. The van der Waals surface area contributed by atoms with E-state index in [0.717, 1.165) is 16.7 Å². The van der Waals surface area contributed by atoms with Crippen molar-refractivity contribution in [3.63, 3.8) is 0 Å². The summed E-state index contributed by atoms with van der Waals surface area (Å²) in [4.78, 5) is 37.3. The average molecular weight is 374 g/mol. The molecule has 1 aromatic rings. The lowest BCUT2D eigenvalue weighted by molar-refractivity contribution is -0.150. The summed E-state index contributed by atoms with van der Waals surface area (Å²) in [6, 6.07) is 8.61. The second kappa shape index (κ2) is 9.06. The first-order valence-electron chi connectivity index (χ1n) is 7.99. The van der Waals surface area contributed by atoms with Crippen LogP contribution in [0.1, 0.15) is 25.8 Å². The van der Waals surface area contributed by atoms with E-state index in [4.69, 9.17) is 14.7 Å². The molecule has 0 aliphatic carbocycles. The second-order valence-electron chi connectivity index (χ2n) is 5.49. The quantitative estimate of drug-likeness (QED) is 0.534. The topological polar surface area (TPSA) is 96.7 Å². The van der Waals surface area contributed by atoms with E-state index in [1.54, 1.807) is 37.3 Å². The number of amides is 2. The van der Waals surface area contributed by atoms with Gasteiger partial charge >= 0.3 is 5.97 Å². The Morgan fingerprint density at radius 2 is 2.04 bits per heavy atom. The summed E-state index contributed by atoms with van der Waals surface area (Å²) in [5.41, 5.74) is 0.696. The van der Waals surface area contributed by atoms with E-state index >= 15 is 0 Å². The summed E-state index contributed by atoms with van der Waals surface area (Å²) in [7, 11) is 0. The molecule has 26 heavy (non-hydrogen) atoms.